The van der Waals surface area contributed by atoms with Gasteiger partial charge in [-0.25, -0.2) is 9.50 Å². The predicted molar refractivity (Wildman–Crippen MR) is 65.5 cm³/mol. The molecule has 0 bridgehead atoms. The predicted octanol–water partition coefficient (Wildman–Crippen LogP) is 1.97. The highest BCUT2D eigenvalue weighted by Crippen LogP contribution is 2.20. The second kappa shape index (κ2) is 4.50. The number of rotatable bonds is 3. The van der Waals surface area contributed by atoms with Crippen molar-refractivity contribution in [2.45, 2.75) is 18.9 Å². The van der Waals surface area contributed by atoms with Gasteiger partial charge in [-0.05, 0) is 12.8 Å². The molecule has 2 aromatic rings. The van der Waals surface area contributed by atoms with Crippen LogP contribution in [-0.2, 0) is 4.74 Å². The second-order valence-corrected chi connectivity index (χ2v) is 4.48. The number of aromatic nitrogens is 3. The van der Waals surface area contributed by atoms with E-state index in [2.05, 4.69) is 15.4 Å². The summed E-state index contributed by atoms with van der Waals surface area (Å²) >= 11 is 5.95. The van der Waals surface area contributed by atoms with Crippen molar-refractivity contribution in [2.75, 3.05) is 18.5 Å². The zero-order valence-electron chi connectivity index (χ0n) is 9.27. The van der Waals surface area contributed by atoms with Crippen LogP contribution < -0.4 is 5.32 Å². The van der Waals surface area contributed by atoms with Crippen molar-refractivity contribution in [3.8, 4) is 0 Å². The van der Waals surface area contributed by atoms with Gasteiger partial charge in [0.05, 0.1) is 11.8 Å². The summed E-state index contributed by atoms with van der Waals surface area (Å²) in [5.41, 5.74) is 1.68. The van der Waals surface area contributed by atoms with E-state index in [-0.39, 0.29) is 6.10 Å². The molecular formula is C11H13ClN4O. The lowest BCUT2D eigenvalue weighted by Gasteiger charge is -2.12. The van der Waals surface area contributed by atoms with Gasteiger partial charge in [0.1, 0.15) is 0 Å². The summed E-state index contributed by atoms with van der Waals surface area (Å²) in [4.78, 5) is 4.24. The van der Waals surface area contributed by atoms with E-state index in [1.54, 1.807) is 23.0 Å². The van der Waals surface area contributed by atoms with Gasteiger partial charge in [0, 0.05) is 31.6 Å². The van der Waals surface area contributed by atoms with E-state index in [0.29, 0.717) is 5.15 Å². The molecular weight excluding hydrogens is 240 g/mol. The quantitative estimate of drug-likeness (QED) is 0.908. The number of imidazole rings is 1. The third-order valence-corrected chi connectivity index (χ3v) is 3.06. The molecule has 17 heavy (non-hydrogen) atoms. The van der Waals surface area contributed by atoms with Crippen molar-refractivity contribution < 1.29 is 4.74 Å². The van der Waals surface area contributed by atoms with Gasteiger partial charge in [0.25, 0.3) is 0 Å². The number of hydrogen-bond donors (Lipinski definition) is 1. The van der Waals surface area contributed by atoms with E-state index >= 15 is 0 Å². The average Bonchev–Trinajstić information content (AvgIpc) is 2.95. The van der Waals surface area contributed by atoms with Gasteiger partial charge >= 0.3 is 0 Å². The molecule has 0 aliphatic carbocycles. The molecule has 0 amide bonds. The van der Waals surface area contributed by atoms with Crippen LogP contribution in [0.4, 0.5) is 5.69 Å². The Morgan fingerprint density at radius 3 is 3.35 bits per heavy atom. The van der Waals surface area contributed by atoms with Gasteiger partial charge in [-0.3, -0.25) is 0 Å². The minimum absolute atomic E-state index is 0.289. The van der Waals surface area contributed by atoms with Gasteiger partial charge in [0.2, 0.25) is 0 Å². The normalized spacial score (nSPS) is 19.9. The number of nitrogens with zero attached hydrogens (tertiary/aromatic N) is 3. The van der Waals surface area contributed by atoms with Crippen LogP contribution in [0.5, 0.6) is 0 Å². The lowest BCUT2D eigenvalue weighted by molar-refractivity contribution is 0.120. The first-order chi connectivity index (χ1) is 8.33. The van der Waals surface area contributed by atoms with E-state index in [1.165, 1.54) is 0 Å². The molecule has 3 rings (SSSR count). The summed E-state index contributed by atoms with van der Waals surface area (Å²) < 4.78 is 7.23. The fourth-order valence-corrected chi connectivity index (χ4v) is 2.24. The third kappa shape index (κ3) is 2.21. The molecule has 1 saturated heterocycles. The van der Waals surface area contributed by atoms with Crippen molar-refractivity contribution in [1.82, 2.24) is 14.6 Å². The second-order valence-electron chi connectivity index (χ2n) is 4.09. The maximum atomic E-state index is 5.95. The fraction of sp³-hybridized carbons (Fsp3) is 0.455. The van der Waals surface area contributed by atoms with Crippen LogP contribution in [0.1, 0.15) is 12.8 Å². The number of nitrogens with one attached hydrogen (secondary N) is 1. The largest absolute Gasteiger partial charge is 0.379 e. The van der Waals surface area contributed by atoms with Gasteiger partial charge in [-0.15, -0.1) is 0 Å². The monoisotopic (exact) mass is 252 g/mol. The van der Waals surface area contributed by atoms with Crippen molar-refractivity contribution in [3.05, 3.63) is 23.6 Å². The van der Waals surface area contributed by atoms with Crippen LogP contribution in [0.25, 0.3) is 5.65 Å². The molecule has 1 atom stereocenters. The molecule has 0 spiro atoms. The van der Waals surface area contributed by atoms with Crippen molar-refractivity contribution in [2.24, 2.45) is 0 Å². The Hall–Kier alpha value is -1.33. The minimum atomic E-state index is 0.289. The first-order valence-corrected chi connectivity index (χ1v) is 6.06. The zero-order valence-corrected chi connectivity index (χ0v) is 10.0. The molecule has 5 nitrogen and oxygen atoms in total. The van der Waals surface area contributed by atoms with E-state index in [1.807, 2.05) is 0 Å². The van der Waals surface area contributed by atoms with Gasteiger partial charge in [0.15, 0.2) is 10.8 Å². The van der Waals surface area contributed by atoms with E-state index in [9.17, 15) is 0 Å². The molecule has 0 aromatic carbocycles. The molecule has 1 aliphatic heterocycles. The Labute approximate surface area is 104 Å². The smallest absolute Gasteiger partial charge is 0.177 e. The van der Waals surface area contributed by atoms with Gasteiger partial charge < -0.3 is 10.1 Å². The molecule has 0 radical (unpaired) electrons. The molecule has 2 aromatic heterocycles. The molecule has 0 unspecified atom stereocenters. The Morgan fingerprint density at radius 2 is 2.53 bits per heavy atom. The highest BCUT2D eigenvalue weighted by atomic mass is 35.5. The first-order valence-electron chi connectivity index (χ1n) is 5.68. The summed E-state index contributed by atoms with van der Waals surface area (Å²) in [5, 5.41) is 7.90. The van der Waals surface area contributed by atoms with Crippen molar-refractivity contribution in [1.29, 1.82) is 0 Å². The zero-order chi connectivity index (χ0) is 11.7. The van der Waals surface area contributed by atoms with E-state index < -0.39 is 0 Å². The molecule has 1 N–H and O–H groups in total. The Bertz CT molecular complexity index is 521. The van der Waals surface area contributed by atoms with Crippen LogP contribution >= 0.6 is 11.6 Å². The lowest BCUT2D eigenvalue weighted by Crippen LogP contribution is -2.19. The summed E-state index contributed by atoms with van der Waals surface area (Å²) in [6.07, 6.45) is 6.02. The Balaban J connectivity index is 1.81. The van der Waals surface area contributed by atoms with Crippen LogP contribution in [0, 0.1) is 0 Å². The maximum Gasteiger partial charge on any atom is 0.177 e. The number of halogens is 1. The van der Waals surface area contributed by atoms with Crippen LogP contribution in [-0.4, -0.2) is 33.9 Å². The lowest BCUT2D eigenvalue weighted by atomic mass is 10.2. The molecule has 1 fully saturated rings. The summed E-state index contributed by atoms with van der Waals surface area (Å²) in [7, 11) is 0. The van der Waals surface area contributed by atoms with E-state index in [4.69, 9.17) is 16.3 Å². The van der Waals surface area contributed by atoms with Crippen LogP contribution in [0.3, 0.4) is 0 Å². The van der Waals surface area contributed by atoms with Crippen LogP contribution in [0.2, 0.25) is 5.15 Å². The standard InChI is InChI=1S/C11H13ClN4O/c12-10-6-9(11-13-3-4-16(11)15-10)14-7-8-2-1-5-17-8/h3-4,6,8,14H,1-2,5,7H2/t8-/m0/s1. The Kier molecular flexibility index (Phi) is 2.86. The Morgan fingerprint density at radius 1 is 1.59 bits per heavy atom. The van der Waals surface area contributed by atoms with Crippen LogP contribution in [0.15, 0.2) is 18.5 Å². The topological polar surface area (TPSA) is 51.5 Å². The van der Waals surface area contributed by atoms with Gasteiger partial charge in [-0.2, -0.15) is 5.10 Å². The van der Waals surface area contributed by atoms with E-state index in [0.717, 1.165) is 37.3 Å². The third-order valence-electron chi connectivity index (χ3n) is 2.87. The fourth-order valence-electron chi connectivity index (χ4n) is 2.05. The number of fused-ring (bicyclic) bond motifs is 1. The molecule has 6 heteroatoms. The summed E-state index contributed by atoms with van der Waals surface area (Å²) in [6.45, 7) is 1.64. The molecule has 0 saturated carbocycles. The molecule has 3 heterocycles. The number of ether oxygens (including phenoxy) is 1. The maximum absolute atomic E-state index is 5.95. The first kappa shape index (κ1) is 10.8. The summed E-state index contributed by atoms with van der Waals surface area (Å²) in [5.74, 6) is 0. The number of anilines is 1. The minimum Gasteiger partial charge on any atom is -0.379 e. The summed E-state index contributed by atoms with van der Waals surface area (Å²) in [6, 6.07) is 1.79. The molecule has 1 aliphatic rings. The highest BCUT2D eigenvalue weighted by molar-refractivity contribution is 6.29. The SMILES string of the molecule is Clc1cc(NC[C@@H]2CCCO2)c2nccn2n1. The van der Waals surface area contributed by atoms with Gasteiger partial charge in [-0.1, -0.05) is 11.6 Å². The average molecular weight is 253 g/mol. The number of hydrogen-bond acceptors (Lipinski definition) is 4. The van der Waals surface area contributed by atoms with Crippen molar-refractivity contribution >= 4 is 22.9 Å². The highest BCUT2D eigenvalue weighted by Gasteiger charge is 2.15. The molecule has 90 valence electrons. The van der Waals surface area contributed by atoms with Crippen molar-refractivity contribution in [3.63, 3.8) is 0 Å².